The Bertz CT molecular complexity index is 677. The molecule has 0 aliphatic heterocycles. The summed E-state index contributed by atoms with van der Waals surface area (Å²) in [6.45, 7) is 1.71. The molecule has 1 heterocycles. The molecular weight excluding hydrogens is 463 g/mol. The topological polar surface area (TPSA) is 103 Å². The van der Waals surface area contributed by atoms with E-state index >= 15 is 0 Å². The van der Waals surface area contributed by atoms with E-state index in [1.54, 1.807) is 6.92 Å². The maximum absolute atomic E-state index is 11.1. The maximum atomic E-state index is 11.1. The zero-order valence-electron chi connectivity index (χ0n) is 9.31. The Morgan fingerprint density at radius 3 is 2.42 bits per heavy atom. The Balaban J connectivity index is 0.00000162. The van der Waals surface area contributed by atoms with Crippen molar-refractivity contribution >= 4 is 18.8 Å². The first-order chi connectivity index (χ1) is 7.85. The summed E-state index contributed by atoms with van der Waals surface area (Å²) < 4.78 is 19.5. The van der Waals surface area contributed by atoms with Crippen LogP contribution in [0.15, 0.2) is 33.5 Å². The monoisotopic (exact) mass is 468 g/mol. The molecule has 1 aromatic carbocycles. The standard InChI is InChI=1S/C10H9O6P.2Ag/c1-6-4-10(11)15-9-5-7(2-3-8(6)9)16-17(12,13)14;;/h2-5H,1H3,(H2,12,13,14);;/q;2*+1/p-2. The fourth-order valence-corrected chi connectivity index (χ4v) is 1.86. The molecule has 0 spiro atoms. The van der Waals surface area contributed by atoms with Crippen molar-refractivity contribution in [1.29, 1.82) is 0 Å². The van der Waals surface area contributed by atoms with Crippen LogP contribution in [0.4, 0.5) is 0 Å². The second kappa shape index (κ2) is 7.04. The molecule has 0 N–H and O–H groups in total. The molecule has 9 heteroatoms. The molecule has 0 saturated heterocycles. The number of hydrogen-bond acceptors (Lipinski definition) is 6. The van der Waals surface area contributed by atoms with Gasteiger partial charge in [-0.1, -0.05) is 0 Å². The van der Waals surface area contributed by atoms with E-state index in [1.165, 1.54) is 24.3 Å². The van der Waals surface area contributed by atoms with Crippen LogP contribution in [0.1, 0.15) is 5.56 Å². The summed E-state index contributed by atoms with van der Waals surface area (Å²) in [5, 5.41) is 0.642. The van der Waals surface area contributed by atoms with Gasteiger partial charge in [0.15, 0.2) is 0 Å². The number of aryl methyl sites for hydroxylation is 1. The van der Waals surface area contributed by atoms with Crippen molar-refractivity contribution in [3.05, 3.63) is 40.2 Å². The minimum atomic E-state index is -5.11. The SMILES string of the molecule is Cc1cc(=O)oc2cc(OP(=O)([O-])[O-])ccc12.[Ag+].[Ag+]. The van der Waals surface area contributed by atoms with Crippen LogP contribution in [-0.2, 0) is 49.3 Å². The number of rotatable bonds is 2. The molecule has 0 saturated carbocycles. The molecule has 0 radical (unpaired) electrons. The van der Waals surface area contributed by atoms with Gasteiger partial charge < -0.3 is 23.3 Å². The van der Waals surface area contributed by atoms with Crippen LogP contribution >= 0.6 is 7.82 Å². The van der Waals surface area contributed by atoms with Gasteiger partial charge in [-0.25, -0.2) is 4.79 Å². The molecule has 0 aliphatic rings. The second-order valence-electron chi connectivity index (χ2n) is 3.44. The molecule has 0 aliphatic carbocycles. The molecule has 19 heavy (non-hydrogen) atoms. The first kappa shape index (κ1) is 18.9. The van der Waals surface area contributed by atoms with Crippen molar-refractivity contribution in [1.82, 2.24) is 0 Å². The predicted octanol–water partition coefficient (Wildman–Crippen LogP) is 0.304. The van der Waals surface area contributed by atoms with Crippen molar-refractivity contribution < 1.29 is 68.1 Å². The van der Waals surface area contributed by atoms with Crippen molar-refractivity contribution in [2.75, 3.05) is 0 Å². The van der Waals surface area contributed by atoms with Crippen molar-refractivity contribution in [3.63, 3.8) is 0 Å². The number of fused-ring (bicyclic) bond motifs is 1. The van der Waals surface area contributed by atoms with Gasteiger partial charge in [-0.05, 0) is 24.6 Å². The Labute approximate surface area is 139 Å². The molecule has 0 fully saturated rings. The zero-order chi connectivity index (χ0) is 12.6. The minimum Gasteiger partial charge on any atom is -0.780 e. The van der Waals surface area contributed by atoms with Crippen molar-refractivity contribution in [2.24, 2.45) is 0 Å². The Hall–Kier alpha value is -0.139. The van der Waals surface area contributed by atoms with Crippen LogP contribution < -0.4 is 19.9 Å². The minimum absolute atomic E-state index is 0. The van der Waals surface area contributed by atoms with Gasteiger partial charge in [0.05, 0.1) is 0 Å². The largest absolute Gasteiger partial charge is 1.00 e. The van der Waals surface area contributed by atoms with Crippen LogP contribution in [0.5, 0.6) is 5.75 Å². The molecule has 0 unspecified atom stereocenters. The van der Waals surface area contributed by atoms with E-state index in [0.29, 0.717) is 10.9 Å². The van der Waals surface area contributed by atoms with E-state index in [2.05, 4.69) is 4.52 Å². The summed E-state index contributed by atoms with van der Waals surface area (Å²) in [7, 11) is -5.11. The summed E-state index contributed by atoms with van der Waals surface area (Å²) in [4.78, 5) is 32.0. The first-order valence-corrected chi connectivity index (χ1v) is 6.07. The normalized spacial score (nSPS) is 10.5. The average molecular weight is 470 g/mol. The summed E-state index contributed by atoms with van der Waals surface area (Å²) in [5.74, 6) is -0.181. The molecule has 6 nitrogen and oxygen atoms in total. The van der Waals surface area contributed by atoms with Crippen LogP contribution in [0.25, 0.3) is 11.0 Å². The van der Waals surface area contributed by atoms with Gasteiger partial charge >= 0.3 is 50.4 Å². The van der Waals surface area contributed by atoms with Crippen LogP contribution in [0.3, 0.4) is 0 Å². The van der Waals surface area contributed by atoms with Gasteiger partial charge in [-0.3, -0.25) is 0 Å². The number of phosphoric ester groups is 1. The number of phosphoric acid groups is 1. The summed E-state index contributed by atoms with van der Waals surface area (Å²) in [5.41, 5.74) is 0.302. The van der Waals surface area contributed by atoms with E-state index in [4.69, 9.17) is 4.42 Å². The average Bonchev–Trinajstić information content (AvgIpc) is 2.13. The molecule has 110 valence electrons. The van der Waals surface area contributed by atoms with Gasteiger partial charge in [-0.2, -0.15) is 0 Å². The number of benzene rings is 1. The van der Waals surface area contributed by atoms with Gasteiger partial charge in [0.1, 0.15) is 19.2 Å². The Morgan fingerprint density at radius 1 is 1.21 bits per heavy atom. The van der Waals surface area contributed by atoms with E-state index in [-0.39, 0.29) is 56.1 Å². The molecule has 2 aromatic rings. The van der Waals surface area contributed by atoms with Crippen molar-refractivity contribution in [2.45, 2.75) is 6.92 Å². The maximum Gasteiger partial charge on any atom is 1.00 e. The van der Waals surface area contributed by atoms with E-state index < -0.39 is 13.4 Å². The third-order valence-electron chi connectivity index (χ3n) is 2.14. The molecule has 2 rings (SSSR count). The summed E-state index contributed by atoms with van der Waals surface area (Å²) >= 11 is 0. The van der Waals surface area contributed by atoms with Gasteiger partial charge in [-0.15, -0.1) is 0 Å². The second-order valence-corrected chi connectivity index (χ2v) is 4.52. The first-order valence-electron chi connectivity index (χ1n) is 4.61. The third kappa shape index (κ3) is 5.04. The summed E-state index contributed by atoms with van der Waals surface area (Å²) in [6, 6.07) is 5.33. The quantitative estimate of drug-likeness (QED) is 0.356. The fourth-order valence-electron chi connectivity index (χ4n) is 1.49. The Kier molecular flexibility index (Phi) is 6.99. The number of hydrogen-bond donors (Lipinski definition) is 0. The van der Waals surface area contributed by atoms with Gasteiger partial charge in [0.2, 0.25) is 0 Å². The molecule has 0 amide bonds. The van der Waals surface area contributed by atoms with Crippen LogP contribution in [-0.4, -0.2) is 0 Å². The smallest absolute Gasteiger partial charge is 0.780 e. The Morgan fingerprint density at radius 2 is 1.84 bits per heavy atom. The van der Waals surface area contributed by atoms with E-state index in [1.807, 2.05) is 0 Å². The van der Waals surface area contributed by atoms with Crippen LogP contribution in [0, 0.1) is 6.92 Å². The van der Waals surface area contributed by atoms with E-state index in [0.717, 1.165) is 0 Å². The molecule has 0 bridgehead atoms. The third-order valence-corrected chi connectivity index (χ3v) is 2.57. The fraction of sp³-hybridized carbons (Fsp3) is 0.100. The molecule has 0 atom stereocenters. The summed E-state index contributed by atoms with van der Waals surface area (Å²) in [6.07, 6.45) is 0. The molecule has 1 aromatic heterocycles. The van der Waals surface area contributed by atoms with E-state index in [9.17, 15) is 19.1 Å². The molecular formula is C10H7Ag2O6P. The van der Waals surface area contributed by atoms with Crippen molar-refractivity contribution in [3.8, 4) is 5.75 Å². The van der Waals surface area contributed by atoms with Gasteiger partial charge in [0, 0.05) is 17.5 Å². The van der Waals surface area contributed by atoms with Gasteiger partial charge in [0.25, 0.3) is 0 Å². The predicted molar refractivity (Wildman–Crippen MR) is 55.5 cm³/mol. The van der Waals surface area contributed by atoms with Crippen LogP contribution in [0.2, 0.25) is 0 Å². The zero-order valence-corrected chi connectivity index (χ0v) is 13.2.